The van der Waals surface area contributed by atoms with E-state index in [0.29, 0.717) is 10.8 Å². The summed E-state index contributed by atoms with van der Waals surface area (Å²) in [4.78, 5) is 9.16. The maximum Gasteiger partial charge on any atom is 0.163 e. The maximum absolute atomic E-state index is 6.23. The molecule has 0 saturated heterocycles. The Kier molecular flexibility index (Phi) is 3.62. The number of rotatable bonds is 3. The number of halogens is 1. The van der Waals surface area contributed by atoms with E-state index in [9.17, 15) is 0 Å². The van der Waals surface area contributed by atoms with Gasteiger partial charge >= 0.3 is 0 Å². The maximum atomic E-state index is 6.23. The average Bonchev–Trinajstić information content (AvgIpc) is 2.53. The largest absolute Gasteiger partial charge is 0.497 e. The van der Waals surface area contributed by atoms with Crippen LogP contribution in [0.15, 0.2) is 42.5 Å². The molecule has 0 bridgehead atoms. The van der Waals surface area contributed by atoms with Crippen molar-refractivity contribution in [3.8, 4) is 17.1 Å². The minimum Gasteiger partial charge on any atom is -0.497 e. The molecule has 5 heteroatoms. The van der Waals surface area contributed by atoms with Crippen LogP contribution in [0.5, 0.6) is 5.75 Å². The predicted octanol–water partition coefficient (Wildman–Crippen LogP) is 4.00. The van der Waals surface area contributed by atoms with E-state index in [1.807, 2.05) is 49.5 Å². The van der Waals surface area contributed by atoms with Gasteiger partial charge in [-0.3, -0.25) is 0 Å². The molecular formula is C16H14ClN3O. The van der Waals surface area contributed by atoms with Gasteiger partial charge in [-0.1, -0.05) is 23.7 Å². The number of benzene rings is 2. The molecule has 1 heterocycles. The normalized spacial score (nSPS) is 10.6. The van der Waals surface area contributed by atoms with Crippen molar-refractivity contribution >= 4 is 28.3 Å². The van der Waals surface area contributed by atoms with Crippen LogP contribution in [0.1, 0.15) is 0 Å². The Morgan fingerprint density at radius 3 is 2.62 bits per heavy atom. The van der Waals surface area contributed by atoms with Gasteiger partial charge < -0.3 is 10.1 Å². The minimum atomic E-state index is 0.600. The molecule has 1 N–H and O–H groups in total. The molecule has 1 aromatic heterocycles. The molecule has 0 radical (unpaired) electrons. The van der Waals surface area contributed by atoms with E-state index in [1.54, 1.807) is 7.11 Å². The van der Waals surface area contributed by atoms with Gasteiger partial charge in [0.05, 0.1) is 17.6 Å². The van der Waals surface area contributed by atoms with Crippen molar-refractivity contribution in [1.82, 2.24) is 9.97 Å². The summed E-state index contributed by atoms with van der Waals surface area (Å²) >= 11 is 6.23. The van der Waals surface area contributed by atoms with Crippen molar-refractivity contribution < 1.29 is 4.74 Å². The highest BCUT2D eigenvalue weighted by molar-refractivity contribution is 6.33. The second-order valence-electron chi connectivity index (χ2n) is 4.51. The fraction of sp³-hybridized carbons (Fsp3) is 0.125. The number of ether oxygens (including phenoxy) is 1. The van der Waals surface area contributed by atoms with Gasteiger partial charge in [0.25, 0.3) is 0 Å². The zero-order valence-electron chi connectivity index (χ0n) is 11.7. The zero-order valence-corrected chi connectivity index (χ0v) is 12.5. The van der Waals surface area contributed by atoms with E-state index >= 15 is 0 Å². The van der Waals surface area contributed by atoms with Gasteiger partial charge in [0, 0.05) is 18.0 Å². The van der Waals surface area contributed by atoms with Crippen molar-refractivity contribution in [2.24, 2.45) is 0 Å². The Balaban J connectivity index is 2.25. The van der Waals surface area contributed by atoms with Crippen molar-refractivity contribution in [2.75, 3.05) is 19.5 Å². The van der Waals surface area contributed by atoms with Crippen molar-refractivity contribution in [3.05, 3.63) is 47.5 Å². The number of hydrogen-bond donors (Lipinski definition) is 1. The molecule has 2 aromatic carbocycles. The van der Waals surface area contributed by atoms with Crippen LogP contribution in [-0.4, -0.2) is 24.1 Å². The Labute approximate surface area is 127 Å². The molecule has 21 heavy (non-hydrogen) atoms. The van der Waals surface area contributed by atoms with Gasteiger partial charge in [-0.25, -0.2) is 9.97 Å². The van der Waals surface area contributed by atoms with Crippen LogP contribution in [0.4, 0.5) is 5.82 Å². The van der Waals surface area contributed by atoms with E-state index in [0.717, 1.165) is 28.0 Å². The van der Waals surface area contributed by atoms with Gasteiger partial charge in [0.2, 0.25) is 0 Å². The lowest BCUT2D eigenvalue weighted by Gasteiger charge is -2.10. The van der Waals surface area contributed by atoms with Gasteiger partial charge in [0.1, 0.15) is 11.6 Å². The second kappa shape index (κ2) is 5.58. The summed E-state index contributed by atoms with van der Waals surface area (Å²) in [6, 6.07) is 13.3. The van der Waals surface area contributed by atoms with E-state index in [2.05, 4.69) is 15.3 Å². The molecule has 0 saturated carbocycles. The van der Waals surface area contributed by atoms with E-state index < -0.39 is 0 Å². The summed E-state index contributed by atoms with van der Waals surface area (Å²) in [5.74, 6) is 2.12. The quantitative estimate of drug-likeness (QED) is 0.794. The molecule has 3 aromatic rings. The van der Waals surface area contributed by atoms with Crippen LogP contribution in [0.25, 0.3) is 22.3 Å². The lowest BCUT2D eigenvalue weighted by atomic mass is 10.1. The summed E-state index contributed by atoms with van der Waals surface area (Å²) in [7, 11) is 3.47. The highest BCUT2D eigenvalue weighted by Gasteiger charge is 2.11. The van der Waals surface area contributed by atoms with Crippen LogP contribution in [0, 0.1) is 0 Å². The molecule has 0 amide bonds. The molecular weight excluding hydrogens is 286 g/mol. The highest BCUT2D eigenvalue weighted by atomic mass is 35.5. The summed E-state index contributed by atoms with van der Waals surface area (Å²) in [6.45, 7) is 0. The van der Waals surface area contributed by atoms with Crippen LogP contribution in [0.2, 0.25) is 5.02 Å². The second-order valence-corrected chi connectivity index (χ2v) is 4.92. The van der Waals surface area contributed by atoms with E-state index in [4.69, 9.17) is 16.3 Å². The molecule has 106 valence electrons. The molecule has 0 aliphatic carbocycles. The minimum absolute atomic E-state index is 0.600. The molecule has 3 rings (SSSR count). The first kappa shape index (κ1) is 13.6. The summed E-state index contributed by atoms with van der Waals surface area (Å²) in [5, 5.41) is 4.64. The third-order valence-electron chi connectivity index (χ3n) is 3.25. The third-order valence-corrected chi connectivity index (χ3v) is 3.58. The Bertz CT molecular complexity index is 805. The monoisotopic (exact) mass is 299 g/mol. The van der Waals surface area contributed by atoms with Gasteiger partial charge in [0.15, 0.2) is 5.82 Å². The van der Waals surface area contributed by atoms with E-state index in [1.165, 1.54) is 0 Å². The van der Waals surface area contributed by atoms with E-state index in [-0.39, 0.29) is 0 Å². The number of nitrogens with one attached hydrogen (secondary N) is 1. The van der Waals surface area contributed by atoms with Crippen molar-refractivity contribution in [2.45, 2.75) is 0 Å². The SMILES string of the molecule is CNc1nc(-c2ccccc2Cl)nc2ccc(OC)cc12. The first-order valence-electron chi connectivity index (χ1n) is 6.51. The number of aromatic nitrogens is 2. The van der Waals surface area contributed by atoms with Gasteiger partial charge in [-0.05, 0) is 30.3 Å². The number of methoxy groups -OCH3 is 1. The lowest BCUT2D eigenvalue weighted by Crippen LogP contribution is -1.99. The van der Waals surface area contributed by atoms with Gasteiger partial charge in [-0.15, -0.1) is 0 Å². The van der Waals surface area contributed by atoms with Crippen molar-refractivity contribution in [3.63, 3.8) is 0 Å². The zero-order chi connectivity index (χ0) is 14.8. The highest BCUT2D eigenvalue weighted by Crippen LogP contribution is 2.30. The summed E-state index contributed by atoms with van der Waals surface area (Å²) in [5.41, 5.74) is 1.65. The Morgan fingerprint density at radius 2 is 1.90 bits per heavy atom. The molecule has 0 unspecified atom stereocenters. The number of hydrogen-bond acceptors (Lipinski definition) is 4. The summed E-state index contributed by atoms with van der Waals surface area (Å²) < 4.78 is 5.25. The molecule has 0 spiro atoms. The first-order valence-corrected chi connectivity index (χ1v) is 6.89. The third kappa shape index (κ3) is 2.50. The first-order chi connectivity index (χ1) is 10.2. The van der Waals surface area contributed by atoms with Crippen molar-refractivity contribution in [1.29, 1.82) is 0 Å². The van der Waals surface area contributed by atoms with Crippen LogP contribution >= 0.6 is 11.6 Å². The topological polar surface area (TPSA) is 47.0 Å². The number of nitrogens with zero attached hydrogens (tertiary/aromatic N) is 2. The molecule has 0 aliphatic heterocycles. The van der Waals surface area contributed by atoms with Crippen LogP contribution in [0.3, 0.4) is 0 Å². The Morgan fingerprint density at radius 1 is 1.10 bits per heavy atom. The molecule has 0 atom stereocenters. The fourth-order valence-electron chi connectivity index (χ4n) is 2.19. The summed E-state index contributed by atoms with van der Waals surface area (Å²) in [6.07, 6.45) is 0. The average molecular weight is 300 g/mol. The standard InChI is InChI=1S/C16H14ClN3O/c1-18-15-12-9-10(21-2)7-8-14(12)19-16(20-15)11-5-3-4-6-13(11)17/h3-9H,1-2H3,(H,18,19,20). The smallest absolute Gasteiger partial charge is 0.163 e. The predicted molar refractivity (Wildman–Crippen MR) is 86.1 cm³/mol. The number of fused-ring (bicyclic) bond motifs is 1. The van der Waals surface area contributed by atoms with Crippen LogP contribution < -0.4 is 10.1 Å². The van der Waals surface area contributed by atoms with Crippen LogP contribution in [-0.2, 0) is 0 Å². The lowest BCUT2D eigenvalue weighted by molar-refractivity contribution is 0.415. The number of anilines is 1. The molecule has 0 fully saturated rings. The Hall–Kier alpha value is -2.33. The molecule has 4 nitrogen and oxygen atoms in total. The fourth-order valence-corrected chi connectivity index (χ4v) is 2.41. The molecule has 0 aliphatic rings. The van der Waals surface area contributed by atoms with Gasteiger partial charge in [-0.2, -0.15) is 0 Å².